The van der Waals surface area contributed by atoms with E-state index in [-0.39, 0.29) is 12.4 Å². The summed E-state index contributed by atoms with van der Waals surface area (Å²) >= 11 is 0. The van der Waals surface area contributed by atoms with Crippen molar-refractivity contribution in [1.82, 2.24) is 4.90 Å². The summed E-state index contributed by atoms with van der Waals surface area (Å²) in [7, 11) is 4.07. The molecule has 0 saturated heterocycles. The Hall–Kier alpha value is -0.770. The minimum atomic E-state index is 0. The highest BCUT2D eigenvalue weighted by Crippen LogP contribution is 2.12. The van der Waals surface area contributed by atoms with Gasteiger partial charge in [0.1, 0.15) is 12.4 Å². The summed E-state index contributed by atoms with van der Waals surface area (Å²) in [5, 5.41) is 0. The molecule has 2 N–H and O–H groups in total. The second kappa shape index (κ2) is 8.39. The van der Waals surface area contributed by atoms with Gasteiger partial charge in [-0.15, -0.1) is 12.4 Å². The van der Waals surface area contributed by atoms with E-state index in [0.717, 1.165) is 25.3 Å². The van der Waals surface area contributed by atoms with E-state index in [1.807, 2.05) is 26.2 Å². The molecule has 0 amide bonds. The van der Waals surface area contributed by atoms with Gasteiger partial charge in [-0.2, -0.15) is 0 Å². The average Bonchev–Trinajstić information content (AvgIpc) is 2.20. The van der Waals surface area contributed by atoms with Crippen molar-refractivity contribution in [3.8, 4) is 5.75 Å². The first kappa shape index (κ1) is 15.2. The smallest absolute Gasteiger partial charge is 0.119 e. The number of benzene rings is 1. The third-order valence-electron chi connectivity index (χ3n) is 2.16. The molecular formula is C12H21ClN2O. The van der Waals surface area contributed by atoms with Gasteiger partial charge in [-0.25, -0.2) is 0 Å². The van der Waals surface area contributed by atoms with Crippen LogP contribution in [0.2, 0.25) is 0 Å². The number of hydrogen-bond acceptors (Lipinski definition) is 3. The molecule has 92 valence electrons. The van der Waals surface area contributed by atoms with Crippen molar-refractivity contribution < 1.29 is 4.74 Å². The Kier molecular flexibility index (Phi) is 7.99. The maximum atomic E-state index is 5.58. The summed E-state index contributed by atoms with van der Waals surface area (Å²) in [4.78, 5) is 2.10. The summed E-state index contributed by atoms with van der Waals surface area (Å²) in [5.41, 5.74) is 6.74. The van der Waals surface area contributed by atoms with Gasteiger partial charge in [0.15, 0.2) is 0 Å². The molecule has 4 heteroatoms. The van der Waals surface area contributed by atoms with Crippen LogP contribution >= 0.6 is 12.4 Å². The molecule has 0 unspecified atom stereocenters. The quantitative estimate of drug-likeness (QED) is 0.825. The number of nitrogens with two attached hydrogens (primary N) is 1. The molecule has 0 aliphatic rings. The van der Waals surface area contributed by atoms with E-state index >= 15 is 0 Å². The van der Waals surface area contributed by atoms with Gasteiger partial charge in [0.2, 0.25) is 0 Å². The SMILES string of the molecule is CN(C)CCOc1ccc(CCN)cc1.Cl. The molecule has 1 aromatic carbocycles. The van der Waals surface area contributed by atoms with Gasteiger partial charge >= 0.3 is 0 Å². The fourth-order valence-corrected chi connectivity index (χ4v) is 1.27. The van der Waals surface area contributed by atoms with Gasteiger partial charge < -0.3 is 15.4 Å². The van der Waals surface area contributed by atoms with Gasteiger partial charge in [0, 0.05) is 6.54 Å². The molecule has 0 spiro atoms. The predicted octanol–water partition coefficient (Wildman–Crippen LogP) is 1.55. The van der Waals surface area contributed by atoms with Gasteiger partial charge in [-0.3, -0.25) is 0 Å². The number of halogens is 1. The van der Waals surface area contributed by atoms with Crippen LogP contribution in [0.3, 0.4) is 0 Å². The first-order valence-corrected chi connectivity index (χ1v) is 5.29. The largest absolute Gasteiger partial charge is 0.492 e. The monoisotopic (exact) mass is 244 g/mol. The molecule has 16 heavy (non-hydrogen) atoms. The Morgan fingerprint density at radius 3 is 2.31 bits per heavy atom. The predicted molar refractivity (Wildman–Crippen MR) is 70.5 cm³/mol. The topological polar surface area (TPSA) is 38.5 Å². The molecule has 0 heterocycles. The molecule has 0 aliphatic carbocycles. The van der Waals surface area contributed by atoms with Crippen LogP contribution in [-0.4, -0.2) is 38.7 Å². The van der Waals surface area contributed by atoms with Gasteiger partial charge in [0.25, 0.3) is 0 Å². The molecule has 0 radical (unpaired) electrons. The van der Waals surface area contributed by atoms with Crippen molar-refractivity contribution in [2.24, 2.45) is 5.73 Å². The standard InChI is InChI=1S/C12H20N2O.ClH/c1-14(2)9-10-15-12-5-3-11(4-6-12)7-8-13;/h3-6H,7-10,13H2,1-2H3;1H. The van der Waals surface area contributed by atoms with E-state index < -0.39 is 0 Å². The zero-order chi connectivity index (χ0) is 11.1. The molecule has 0 atom stereocenters. The molecule has 1 aromatic rings. The number of ether oxygens (including phenoxy) is 1. The fraction of sp³-hybridized carbons (Fsp3) is 0.500. The van der Waals surface area contributed by atoms with E-state index in [2.05, 4.69) is 17.0 Å². The van der Waals surface area contributed by atoms with Crippen molar-refractivity contribution in [3.63, 3.8) is 0 Å². The second-order valence-electron chi connectivity index (χ2n) is 3.83. The van der Waals surface area contributed by atoms with E-state index in [9.17, 15) is 0 Å². The first-order chi connectivity index (χ1) is 7.22. The lowest BCUT2D eigenvalue weighted by Crippen LogP contribution is -2.19. The Balaban J connectivity index is 0.00000225. The molecular weight excluding hydrogens is 224 g/mol. The normalized spacial score (nSPS) is 10.0. The Morgan fingerprint density at radius 1 is 1.19 bits per heavy atom. The van der Waals surface area contributed by atoms with Crippen molar-refractivity contribution in [2.45, 2.75) is 6.42 Å². The first-order valence-electron chi connectivity index (χ1n) is 5.29. The minimum absolute atomic E-state index is 0. The number of hydrogen-bond donors (Lipinski definition) is 1. The summed E-state index contributed by atoms with van der Waals surface area (Å²) in [5.74, 6) is 0.928. The van der Waals surface area contributed by atoms with Crippen molar-refractivity contribution >= 4 is 12.4 Å². The Bertz CT molecular complexity index is 275. The third kappa shape index (κ3) is 5.95. The lowest BCUT2D eigenvalue weighted by Gasteiger charge is -2.11. The lowest BCUT2D eigenvalue weighted by atomic mass is 10.1. The van der Waals surface area contributed by atoms with E-state index in [0.29, 0.717) is 6.54 Å². The van der Waals surface area contributed by atoms with Crippen molar-refractivity contribution in [2.75, 3.05) is 33.8 Å². The molecule has 0 saturated carbocycles. The lowest BCUT2D eigenvalue weighted by molar-refractivity contribution is 0.261. The zero-order valence-corrected chi connectivity index (χ0v) is 10.8. The maximum absolute atomic E-state index is 5.58. The Morgan fingerprint density at radius 2 is 1.81 bits per heavy atom. The highest BCUT2D eigenvalue weighted by atomic mass is 35.5. The molecule has 0 fully saturated rings. The van der Waals surface area contributed by atoms with Crippen LogP contribution in [0, 0.1) is 0 Å². The number of likely N-dealkylation sites (N-methyl/N-ethyl adjacent to an activating group) is 1. The van der Waals surface area contributed by atoms with E-state index in [4.69, 9.17) is 10.5 Å². The van der Waals surface area contributed by atoms with Crippen LogP contribution in [0.1, 0.15) is 5.56 Å². The van der Waals surface area contributed by atoms with Crippen LogP contribution in [0.15, 0.2) is 24.3 Å². The molecule has 1 rings (SSSR count). The zero-order valence-electron chi connectivity index (χ0n) is 9.98. The number of nitrogens with zero attached hydrogens (tertiary/aromatic N) is 1. The average molecular weight is 245 g/mol. The highest BCUT2D eigenvalue weighted by Gasteiger charge is 1.95. The molecule has 0 bridgehead atoms. The van der Waals surface area contributed by atoms with Crippen LogP contribution in [0.4, 0.5) is 0 Å². The van der Waals surface area contributed by atoms with E-state index in [1.165, 1.54) is 5.56 Å². The van der Waals surface area contributed by atoms with Crippen LogP contribution in [-0.2, 0) is 6.42 Å². The van der Waals surface area contributed by atoms with Gasteiger partial charge in [-0.05, 0) is 44.8 Å². The van der Waals surface area contributed by atoms with Crippen LogP contribution in [0.25, 0.3) is 0 Å². The summed E-state index contributed by atoms with van der Waals surface area (Å²) in [6.45, 7) is 2.36. The highest BCUT2D eigenvalue weighted by molar-refractivity contribution is 5.85. The van der Waals surface area contributed by atoms with Crippen LogP contribution in [0.5, 0.6) is 5.75 Å². The van der Waals surface area contributed by atoms with Crippen molar-refractivity contribution in [1.29, 1.82) is 0 Å². The molecule has 3 nitrogen and oxygen atoms in total. The van der Waals surface area contributed by atoms with Gasteiger partial charge in [-0.1, -0.05) is 12.1 Å². The van der Waals surface area contributed by atoms with Crippen molar-refractivity contribution in [3.05, 3.63) is 29.8 Å². The summed E-state index contributed by atoms with van der Waals surface area (Å²) in [6.07, 6.45) is 0.929. The summed E-state index contributed by atoms with van der Waals surface area (Å²) in [6, 6.07) is 8.14. The van der Waals surface area contributed by atoms with Crippen LogP contribution < -0.4 is 10.5 Å². The number of rotatable bonds is 6. The second-order valence-corrected chi connectivity index (χ2v) is 3.83. The maximum Gasteiger partial charge on any atom is 0.119 e. The Labute approximate surface area is 104 Å². The third-order valence-corrected chi connectivity index (χ3v) is 2.16. The minimum Gasteiger partial charge on any atom is -0.492 e. The summed E-state index contributed by atoms with van der Waals surface area (Å²) < 4.78 is 5.58. The fourth-order valence-electron chi connectivity index (χ4n) is 1.27. The van der Waals surface area contributed by atoms with Gasteiger partial charge in [0.05, 0.1) is 0 Å². The van der Waals surface area contributed by atoms with E-state index in [1.54, 1.807) is 0 Å². The molecule has 0 aliphatic heterocycles. The molecule has 0 aromatic heterocycles.